The number of hydrogen-bond acceptors (Lipinski definition) is 3. The number of nitrogens with zero attached hydrogens (tertiary/aromatic N) is 2. The molecule has 2 N–H and O–H groups in total. The number of aromatic carboxylic acids is 1. The number of carboxylic acids is 1. The lowest BCUT2D eigenvalue weighted by molar-refractivity contribution is 0.0697. The van der Waals surface area contributed by atoms with Crippen LogP contribution in [0.15, 0.2) is 36.7 Å². The molecular weight excluding hydrogens is 290 g/mol. The van der Waals surface area contributed by atoms with Gasteiger partial charge in [-0.3, -0.25) is 4.68 Å². The maximum absolute atomic E-state index is 11.0. The van der Waals surface area contributed by atoms with E-state index in [9.17, 15) is 4.79 Å². The number of carboxylic acid groups (broad SMARTS) is 1. The van der Waals surface area contributed by atoms with Gasteiger partial charge in [0.15, 0.2) is 0 Å². The first-order valence-corrected chi connectivity index (χ1v) is 8.15. The summed E-state index contributed by atoms with van der Waals surface area (Å²) >= 11 is 0. The smallest absolute Gasteiger partial charge is 0.335 e. The highest BCUT2D eigenvalue weighted by Crippen LogP contribution is 2.34. The molecule has 1 aromatic carbocycles. The number of benzene rings is 1. The predicted molar refractivity (Wildman–Crippen MR) is 88.7 cm³/mol. The first kappa shape index (κ1) is 15.7. The summed E-state index contributed by atoms with van der Waals surface area (Å²) in [6, 6.07) is 7.84. The maximum Gasteiger partial charge on any atom is 0.335 e. The minimum absolute atomic E-state index is 0.263. The van der Waals surface area contributed by atoms with Gasteiger partial charge >= 0.3 is 5.97 Å². The molecule has 0 spiro atoms. The average Bonchev–Trinajstić information content (AvgIpc) is 3.05. The quantitative estimate of drug-likeness (QED) is 0.908. The van der Waals surface area contributed by atoms with E-state index < -0.39 is 5.97 Å². The van der Waals surface area contributed by atoms with E-state index in [0.29, 0.717) is 17.5 Å². The second-order valence-corrected chi connectivity index (χ2v) is 6.50. The molecule has 122 valence electrons. The molecule has 2 atom stereocenters. The van der Waals surface area contributed by atoms with Gasteiger partial charge in [-0.05, 0) is 62.4 Å². The molecule has 0 bridgehead atoms. The Kier molecular flexibility index (Phi) is 4.48. The molecular formula is C18H23N3O2. The van der Waals surface area contributed by atoms with Crippen molar-refractivity contribution in [2.24, 2.45) is 0 Å². The largest absolute Gasteiger partial charge is 0.478 e. The molecule has 0 radical (unpaired) electrons. The van der Waals surface area contributed by atoms with E-state index in [1.54, 1.807) is 12.1 Å². The summed E-state index contributed by atoms with van der Waals surface area (Å²) in [7, 11) is 0. The molecule has 1 aromatic heterocycles. The van der Waals surface area contributed by atoms with E-state index >= 15 is 0 Å². The number of rotatable bonds is 4. The van der Waals surface area contributed by atoms with Crippen LogP contribution in [-0.4, -0.2) is 27.4 Å². The Morgan fingerprint density at radius 2 is 2.04 bits per heavy atom. The van der Waals surface area contributed by atoms with Crippen molar-refractivity contribution in [3.05, 3.63) is 53.3 Å². The van der Waals surface area contributed by atoms with Gasteiger partial charge in [-0.1, -0.05) is 12.1 Å². The molecule has 1 unspecified atom stereocenters. The van der Waals surface area contributed by atoms with E-state index in [1.807, 2.05) is 23.0 Å². The zero-order valence-corrected chi connectivity index (χ0v) is 13.6. The molecule has 1 aliphatic heterocycles. The lowest BCUT2D eigenvalue weighted by Crippen LogP contribution is -2.30. The zero-order chi connectivity index (χ0) is 16.4. The molecule has 23 heavy (non-hydrogen) atoms. The van der Waals surface area contributed by atoms with Crippen molar-refractivity contribution in [3.8, 4) is 0 Å². The highest BCUT2D eigenvalue weighted by molar-refractivity contribution is 5.87. The summed E-state index contributed by atoms with van der Waals surface area (Å²) in [5.74, 6) is -0.389. The lowest BCUT2D eigenvalue weighted by atomic mass is 9.85. The van der Waals surface area contributed by atoms with Crippen LogP contribution in [0.1, 0.15) is 66.2 Å². The van der Waals surface area contributed by atoms with Crippen molar-refractivity contribution >= 4 is 5.97 Å². The van der Waals surface area contributed by atoms with Crippen molar-refractivity contribution in [1.82, 2.24) is 15.1 Å². The molecule has 2 heterocycles. The molecule has 0 saturated carbocycles. The summed E-state index contributed by atoms with van der Waals surface area (Å²) in [4.78, 5) is 11.0. The Morgan fingerprint density at radius 3 is 2.65 bits per heavy atom. The Hall–Kier alpha value is -2.14. The van der Waals surface area contributed by atoms with Gasteiger partial charge in [-0.25, -0.2) is 4.79 Å². The van der Waals surface area contributed by atoms with Crippen molar-refractivity contribution in [3.63, 3.8) is 0 Å². The zero-order valence-electron chi connectivity index (χ0n) is 13.6. The summed E-state index contributed by atoms with van der Waals surface area (Å²) in [5.41, 5.74) is 2.78. The summed E-state index contributed by atoms with van der Waals surface area (Å²) < 4.78 is 2.01. The molecule has 2 aromatic rings. The first-order chi connectivity index (χ1) is 11.0. The summed E-state index contributed by atoms with van der Waals surface area (Å²) in [5, 5.41) is 17.0. The van der Waals surface area contributed by atoms with Crippen molar-refractivity contribution in [1.29, 1.82) is 0 Å². The highest BCUT2D eigenvalue weighted by Gasteiger charge is 2.25. The third kappa shape index (κ3) is 3.45. The predicted octanol–water partition coefficient (Wildman–Crippen LogP) is 3.37. The van der Waals surface area contributed by atoms with Crippen molar-refractivity contribution in [2.75, 3.05) is 6.54 Å². The molecule has 0 amide bonds. The maximum atomic E-state index is 11.0. The normalized spacial score (nSPS) is 21.5. The van der Waals surface area contributed by atoms with Crippen LogP contribution in [0, 0.1) is 0 Å². The Balaban J connectivity index is 1.73. The van der Waals surface area contributed by atoms with Crippen molar-refractivity contribution in [2.45, 2.75) is 44.7 Å². The fourth-order valence-corrected chi connectivity index (χ4v) is 3.18. The van der Waals surface area contributed by atoms with E-state index in [-0.39, 0.29) is 6.04 Å². The van der Waals surface area contributed by atoms with Gasteiger partial charge in [0, 0.05) is 18.3 Å². The second kappa shape index (κ2) is 6.54. The van der Waals surface area contributed by atoms with Crippen LogP contribution in [0.3, 0.4) is 0 Å². The van der Waals surface area contributed by atoms with Gasteiger partial charge < -0.3 is 10.4 Å². The van der Waals surface area contributed by atoms with Gasteiger partial charge in [0.25, 0.3) is 0 Å². The molecule has 1 aliphatic rings. The third-order valence-electron chi connectivity index (χ3n) is 4.59. The first-order valence-electron chi connectivity index (χ1n) is 8.15. The number of carbonyl (C=O) groups is 1. The van der Waals surface area contributed by atoms with Gasteiger partial charge in [0.1, 0.15) is 0 Å². The number of nitrogens with one attached hydrogen (secondary N) is 1. The topological polar surface area (TPSA) is 67.2 Å². The van der Waals surface area contributed by atoms with Gasteiger partial charge in [0.05, 0.1) is 11.8 Å². The molecule has 5 nitrogen and oxygen atoms in total. The number of aromatic nitrogens is 2. The Bertz CT molecular complexity index is 676. The SMILES string of the molecule is CC(C)n1cc(C2CCN[C@H](c3ccc(C(=O)O)cc3)C2)cn1. The number of hydrogen-bond donors (Lipinski definition) is 2. The molecule has 1 saturated heterocycles. The summed E-state index contributed by atoms with van der Waals surface area (Å²) in [6.45, 7) is 5.22. The molecule has 3 rings (SSSR count). The minimum atomic E-state index is -0.882. The van der Waals surface area contributed by atoms with Crippen LogP contribution in [0.4, 0.5) is 0 Å². The Morgan fingerprint density at radius 1 is 1.30 bits per heavy atom. The van der Waals surface area contributed by atoms with Crippen LogP contribution < -0.4 is 5.32 Å². The molecule has 1 fully saturated rings. The molecule has 0 aliphatic carbocycles. The van der Waals surface area contributed by atoms with E-state index in [0.717, 1.165) is 24.9 Å². The van der Waals surface area contributed by atoms with Gasteiger partial charge in [-0.15, -0.1) is 0 Å². The third-order valence-corrected chi connectivity index (χ3v) is 4.59. The Labute approximate surface area is 136 Å². The van der Waals surface area contributed by atoms with Crippen molar-refractivity contribution < 1.29 is 9.90 Å². The van der Waals surface area contributed by atoms with Crippen LogP contribution in [0.5, 0.6) is 0 Å². The number of piperidine rings is 1. The lowest BCUT2D eigenvalue weighted by Gasteiger charge is -2.30. The highest BCUT2D eigenvalue weighted by atomic mass is 16.4. The minimum Gasteiger partial charge on any atom is -0.478 e. The fraction of sp³-hybridized carbons (Fsp3) is 0.444. The van der Waals surface area contributed by atoms with Crippen LogP contribution in [0.25, 0.3) is 0 Å². The monoisotopic (exact) mass is 313 g/mol. The molecule has 5 heteroatoms. The standard InChI is InChI=1S/C18H23N3O2/c1-12(2)21-11-16(10-20-21)15-7-8-19-17(9-15)13-3-5-14(6-4-13)18(22)23/h3-6,10-12,15,17,19H,7-9H2,1-2H3,(H,22,23)/t15?,17-/m0/s1. The van der Waals surface area contributed by atoms with Gasteiger partial charge in [0.2, 0.25) is 0 Å². The fourth-order valence-electron chi connectivity index (χ4n) is 3.18. The van der Waals surface area contributed by atoms with Crippen LogP contribution >= 0.6 is 0 Å². The average molecular weight is 313 g/mol. The summed E-state index contributed by atoms with van der Waals surface area (Å²) in [6.07, 6.45) is 6.26. The van der Waals surface area contributed by atoms with E-state index in [4.69, 9.17) is 5.11 Å². The van der Waals surface area contributed by atoms with E-state index in [1.165, 1.54) is 5.56 Å². The van der Waals surface area contributed by atoms with Gasteiger partial charge in [-0.2, -0.15) is 5.10 Å². The second-order valence-electron chi connectivity index (χ2n) is 6.50. The van der Waals surface area contributed by atoms with Crippen LogP contribution in [-0.2, 0) is 0 Å². The van der Waals surface area contributed by atoms with Crippen LogP contribution in [0.2, 0.25) is 0 Å². The van der Waals surface area contributed by atoms with E-state index in [2.05, 4.69) is 30.5 Å².